The van der Waals surface area contributed by atoms with Crippen molar-refractivity contribution >= 4 is 5.96 Å². The number of nitrogens with zero attached hydrogens (tertiary/aromatic N) is 1. The SMILES string of the molecule is NC(=NCc1ccc2c(c1)OCCCO2)NCC1CCC1. The molecule has 1 aromatic rings. The molecule has 1 aliphatic heterocycles. The number of fused-ring (bicyclic) bond motifs is 1. The molecule has 1 aliphatic carbocycles. The Labute approximate surface area is 125 Å². The third-order valence-electron chi connectivity index (χ3n) is 4.04. The van der Waals surface area contributed by atoms with Crippen LogP contribution in [0.1, 0.15) is 31.2 Å². The number of ether oxygens (including phenoxy) is 2. The molecule has 114 valence electrons. The lowest BCUT2D eigenvalue weighted by atomic mass is 9.85. The number of benzene rings is 1. The van der Waals surface area contributed by atoms with Gasteiger partial charge in [0, 0.05) is 13.0 Å². The van der Waals surface area contributed by atoms with Gasteiger partial charge in [-0.1, -0.05) is 12.5 Å². The molecule has 0 bridgehead atoms. The molecule has 0 radical (unpaired) electrons. The predicted molar refractivity (Wildman–Crippen MR) is 82.7 cm³/mol. The van der Waals surface area contributed by atoms with Crippen molar-refractivity contribution in [1.82, 2.24) is 5.32 Å². The molecule has 0 saturated heterocycles. The maximum absolute atomic E-state index is 5.89. The van der Waals surface area contributed by atoms with E-state index in [2.05, 4.69) is 10.3 Å². The number of hydrogen-bond acceptors (Lipinski definition) is 3. The van der Waals surface area contributed by atoms with Crippen LogP contribution in [0.2, 0.25) is 0 Å². The van der Waals surface area contributed by atoms with Crippen LogP contribution < -0.4 is 20.5 Å². The van der Waals surface area contributed by atoms with Crippen LogP contribution in [0.4, 0.5) is 0 Å². The molecule has 21 heavy (non-hydrogen) atoms. The molecule has 0 spiro atoms. The summed E-state index contributed by atoms with van der Waals surface area (Å²) < 4.78 is 11.3. The van der Waals surface area contributed by atoms with Gasteiger partial charge in [-0.15, -0.1) is 0 Å². The molecule has 5 heteroatoms. The summed E-state index contributed by atoms with van der Waals surface area (Å²) in [4.78, 5) is 4.38. The van der Waals surface area contributed by atoms with Crippen LogP contribution in [-0.2, 0) is 6.54 Å². The van der Waals surface area contributed by atoms with E-state index in [4.69, 9.17) is 15.2 Å². The second-order valence-corrected chi connectivity index (χ2v) is 5.71. The fourth-order valence-electron chi connectivity index (χ4n) is 2.48. The summed E-state index contributed by atoms with van der Waals surface area (Å²) in [5.41, 5.74) is 6.97. The lowest BCUT2D eigenvalue weighted by Crippen LogP contribution is -2.37. The summed E-state index contributed by atoms with van der Waals surface area (Å²) in [7, 11) is 0. The molecule has 5 nitrogen and oxygen atoms in total. The zero-order valence-electron chi connectivity index (χ0n) is 12.3. The molecular weight excluding hydrogens is 266 g/mol. The first-order valence-corrected chi connectivity index (χ1v) is 7.73. The molecule has 3 rings (SSSR count). The second-order valence-electron chi connectivity index (χ2n) is 5.71. The highest BCUT2D eigenvalue weighted by Gasteiger charge is 2.16. The molecule has 2 aliphatic rings. The van der Waals surface area contributed by atoms with Crippen LogP contribution in [-0.4, -0.2) is 25.7 Å². The molecule has 1 saturated carbocycles. The Morgan fingerprint density at radius 2 is 2.00 bits per heavy atom. The van der Waals surface area contributed by atoms with Crippen molar-refractivity contribution in [3.05, 3.63) is 23.8 Å². The Hall–Kier alpha value is -1.91. The number of hydrogen-bond donors (Lipinski definition) is 2. The van der Waals surface area contributed by atoms with Gasteiger partial charge in [-0.05, 0) is 36.5 Å². The molecule has 0 aromatic heterocycles. The summed E-state index contributed by atoms with van der Waals surface area (Å²) in [6.45, 7) is 2.91. The van der Waals surface area contributed by atoms with Gasteiger partial charge in [0.1, 0.15) is 0 Å². The predicted octanol–water partition coefficient (Wildman–Crippen LogP) is 2.05. The van der Waals surface area contributed by atoms with E-state index < -0.39 is 0 Å². The van der Waals surface area contributed by atoms with E-state index in [1.54, 1.807) is 0 Å². The minimum absolute atomic E-state index is 0.522. The minimum Gasteiger partial charge on any atom is -0.490 e. The van der Waals surface area contributed by atoms with Gasteiger partial charge in [0.2, 0.25) is 0 Å². The fraction of sp³-hybridized carbons (Fsp3) is 0.562. The first kappa shape index (κ1) is 14.0. The summed E-state index contributed by atoms with van der Waals surface area (Å²) in [6, 6.07) is 5.95. The maximum Gasteiger partial charge on any atom is 0.188 e. The van der Waals surface area contributed by atoms with E-state index in [-0.39, 0.29) is 0 Å². The van der Waals surface area contributed by atoms with Gasteiger partial charge in [-0.3, -0.25) is 0 Å². The van der Waals surface area contributed by atoms with Crippen LogP contribution in [0.15, 0.2) is 23.2 Å². The summed E-state index contributed by atoms with van der Waals surface area (Å²) in [6.07, 6.45) is 4.88. The number of rotatable bonds is 4. The number of nitrogens with one attached hydrogen (secondary N) is 1. The van der Waals surface area contributed by atoms with Gasteiger partial charge in [0.25, 0.3) is 0 Å². The summed E-state index contributed by atoms with van der Waals surface area (Å²) in [5, 5.41) is 3.20. The number of aliphatic imine (C=N–C) groups is 1. The van der Waals surface area contributed by atoms with E-state index in [1.165, 1.54) is 19.3 Å². The molecular formula is C16H23N3O2. The minimum atomic E-state index is 0.522. The second kappa shape index (κ2) is 6.70. The monoisotopic (exact) mass is 289 g/mol. The van der Waals surface area contributed by atoms with Crippen LogP contribution in [0.3, 0.4) is 0 Å². The maximum atomic E-state index is 5.89. The van der Waals surface area contributed by atoms with E-state index in [9.17, 15) is 0 Å². The molecule has 0 amide bonds. The Kier molecular flexibility index (Phi) is 4.48. The smallest absolute Gasteiger partial charge is 0.188 e. The van der Waals surface area contributed by atoms with Crippen LogP contribution >= 0.6 is 0 Å². The Balaban J connectivity index is 1.55. The van der Waals surface area contributed by atoms with Gasteiger partial charge in [-0.2, -0.15) is 0 Å². The van der Waals surface area contributed by atoms with Crippen molar-refractivity contribution in [2.75, 3.05) is 19.8 Å². The third kappa shape index (κ3) is 3.80. The molecule has 0 unspecified atom stereocenters. The molecule has 1 fully saturated rings. The van der Waals surface area contributed by atoms with Crippen molar-refractivity contribution in [2.24, 2.45) is 16.6 Å². The van der Waals surface area contributed by atoms with Gasteiger partial charge in [0.15, 0.2) is 17.5 Å². The first-order chi connectivity index (χ1) is 10.3. The van der Waals surface area contributed by atoms with Crippen LogP contribution in [0.25, 0.3) is 0 Å². The molecule has 3 N–H and O–H groups in total. The van der Waals surface area contributed by atoms with E-state index in [0.29, 0.717) is 25.7 Å². The normalized spacial score (nSPS) is 18.8. The quantitative estimate of drug-likeness (QED) is 0.657. The third-order valence-corrected chi connectivity index (χ3v) is 4.04. The highest BCUT2D eigenvalue weighted by Crippen LogP contribution is 2.30. The standard InChI is InChI=1S/C16H23N3O2/c17-16(18-10-12-3-1-4-12)19-11-13-5-6-14-15(9-13)21-8-2-7-20-14/h5-6,9,12H,1-4,7-8,10-11H2,(H3,17,18,19). The van der Waals surface area contributed by atoms with Gasteiger partial charge >= 0.3 is 0 Å². The highest BCUT2D eigenvalue weighted by molar-refractivity contribution is 5.77. The Morgan fingerprint density at radius 3 is 2.76 bits per heavy atom. The molecule has 0 atom stereocenters. The molecule has 1 aromatic carbocycles. The van der Waals surface area contributed by atoms with Gasteiger partial charge in [-0.25, -0.2) is 4.99 Å². The van der Waals surface area contributed by atoms with Crippen molar-refractivity contribution in [2.45, 2.75) is 32.2 Å². The average Bonchev–Trinajstić information content (AvgIpc) is 2.68. The van der Waals surface area contributed by atoms with E-state index >= 15 is 0 Å². The lowest BCUT2D eigenvalue weighted by molar-refractivity contribution is 0.297. The number of nitrogens with two attached hydrogens (primary N) is 1. The average molecular weight is 289 g/mol. The van der Waals surface area contributed by atoms with Crippen molar-refractivity contribution in [3.8, 4) is 11.5 Å². The Bertz CT molecular complexity index is 512. The van der Waals surface area contributed by atoms with Crippen LogP contribution in [0, 0.1) is 5.92 Å². The number of guanidine groups is 1. The largest absolute Gasteiger partial charge is 0.490 e. The zero-order valence-corrected chi connectivity index (χ0v) is 12.3. The first-order valence-electron chi connectivity index (χ1n) is 7.73. The van der Waals surface area contributed by atoms with Gasteiger partial charge < -0.3 is 20.5 Å². The van der Waals surface area contributed by atoms with Gasteiger partial charge in [0.05, 0.1) is 19.8 Å². The summed E-state index contributed by atoms with van der Waals surface area (Å²) >= 11 is 0. The lowest BCUT2D eigenvalue weighted by Gasteiger charge is -2.25. The fourth-order valence-corrected chi connectivity index (χ4v) is 2.48. The van der Waals surface area contributed by atoms with E-state index in [0.717, 1.165) is 35.9 Å². The summed E-state index contributed by atoms with van der Waals surface area (Å²) in [5.74, 6) is 2.92. The zero-order chi connectivity index (χ0) is 14.5. The van der Waals surface area contributed by atoms with Crippen LogP contribution in [0.5, 0.6) is 11.5 Å². The van der Waals surface area contributed by atoms with Crippen molar-refractivity contribution in [3.63, 3.8) is 0 Å². The molecule has 1 heterocycles. The Morgan fingerprint density at radius 1 is 1.19 bits per heavy atom. The topological polar surface area (TPSA) is 68.9 Å². The van der Waals surface area contributed by atoms with Crippen molar-refractivity contribution in [1.29, 1.82) is 0 Å². The van der Waals surface area contributed by atoms with Crippen molar-refractivity contribution < 1.29 is 9.47 Å². The van der Waals surface area contributed by atoms with E-state index in [1.807, 2.05) is 18.2 Å². The highest BCUT2D eigenvalue weighted by atomic mass is 16.5.